The Balaban J connectivity index is 2.87. The third-order valence-corrected chi connectivity index (χ3v) is 1.94. The minimum Gasteiger partial charge on any atom is -0.380 e. The quantitative estimate of drug-likeness (QED) is 0.517. The first-order valence-corrected chi connectivity index (χ1v) is 4.15. The van der Waals surface area contributed by atoms with Crippen molar-refractivity contribution in [3.63, 3.8) is 0 Å². The van der Waals surface area contributed by atoms with Gasteiger partial charge in [0.25, 0.3) is 0 Å². The van der Waals surface area contributed by atoms with E-state index < -0.39 is 0 Å². The van der Waals surface area contributed by atoms with E-state index in [0.29, 0.717) is 11.6 Å². The fourth-order valence-electron chi connectivity index (χ4n) is 0.522. The fourth-order valence-corrected chi connectivity index (χ4v) is 0.944. The van der Waals surface area contributed by atoms with Crippen LogP contribution in [0.25, 0.3) is 0 Å². The lowest BCUT2D eigenvalue weighted by atomic mass is 10.6. The average molecular weight is 185 g/mol. The minimum atomic E-state index is 0.390. The second-order valence-corrected chi connectivity index (χ2v) is 3.05. The van der Waals surface area contributed by atoms with Crippen LogP contribution in [0.2, 0.25) is 0 Å². The van der Waals surface area contributed by atoms with Gasteiger partial charge in [0.15, 0.2) is 5.82 Å². The normalized spacial score (nSPS) is 11.8. The van der Waals surface area contributed by atoms with Gasteiger partial charge < -0.3 is 10.6 Å². The number of aliphatic imine (C=N–C) groups is 1. The molecule has 0 aliphatic heterocycles. The van der Waals surface area contributed by atoms with Gasteiger partial charge >= 0.3 is 0 Å². The summed E-state index contributed by atoms with van der Waals surface area (Å²) >= 11 is 1.07. The molecule has 0 fully saturated rings. The molecule has 6 heteroatoms. The summed E-state index contributed by atoms with van der Waals surface area (Å²) in [6.07, 6.45) is 0. The maximum absolute atomic E-state index is 5.50. The van der Waals surface area contributed by atoms with Crippen molar-refractivity contribution in [1.29, 1.82) is 0 Å². The number of nitrogens with two attached hydrogens (primary N) is 1. The maximum atomic E-state index is 5.50. The third kappa shape index (κ3) is 1.91. The zero-order valence-electron chi connectivity index (χ0n) is 7.27. The SMILES string of the molecule is CC(=Nc1nsnc1N)N(C)C. The summed E-state index contributed by atoms with van der Waals surface area (Å²) in [5.41, 5.74) is 5.50. The summed E-state index contributed by atoms with van der Waals surface area (Å²) in [6, 6.07) is 0. The van der Waals surface area contributed by atoms with Gasteiger partial charge in [-0.05, 0) is 6.92 Å². The minimum absolute atomic E-state index is 0.390. The summed E-state index contributed by atoms with van der Waals surface area (Å²) in [4.78, 5) is 6.06. The summed E-state index contributed by atoms with van der Waals surface area (Å²) < 4.78 is 7.74. The highest BCUT2D eigenvalue weighted by Crippen LogP contribution is 2.17. The van der Waals surface area contributed by atoms with Gasteiger partial charge in [-0.1, -0.05) is 0 Å². The number of nitrogen functional groups attached to an aromatic ring is 1. The van der Waals surface area contributed by atoms with Gasteiger partial charge in [-0.25, -0.2) is 4.99 Å². The molecule has 0 spiro atoms. The smallest absolute Gasteiger partial charge is 0.211 e. The van der Waals surface area contributed by atoms with E-state index >= 15 is 0 Å². The lowest BCUT2D eigenvalue weighted by molar-refractivity contribution is 0.618. The zero-order valence-corrected chi connectivity index (χ0v) is 8.09. The van der Waals surface area contributed by atoms with Crippen LogP contribution in [0.15, 0.2) is 4.99 Å². The molecule has 2 N–H and O–H groups in total. The maximum Gasteiger partial charge on any atom is 0.211 e. The second-order valence-electron chi connectivity index (χ2n) is 2.53. The van der Waals surface area contributed by atoms with E-state index in [1.165, 1.54) is 0 Å². The van der Waals surface area contributed by atoms with Crippen LogP contribution in [0.1, 0.15) is 6.92 Å². The third-order valence-electron chi connectivity index (χ3n) is 1.41. The van der Waals surface area contributed by atoms with E-state index in [0.717, 1.165) is 17.6 Å². The molecule has 0 bridgehead atoms. The molecule has 0 radical (unpaired) electrons. The number of amidine groups is 1. The highest BCUT2D eigenvalue weighted by molar-refractivity contribution is 6.99. The Morgan fingerprint density at radius 2 is 2.17 bits per heavy atom. The van der Waals surface area contributed by atoms with E-state index in [9.17, 15) is 0 Å². The summed E-state index contributed by atoms with van der Waals surface area (Å²) in [5, 5.41) is 0. The molecule has 0 aliphatic carbocycles. The van der Waals surface area contributed by atoms with Crippen LogP contribution in [0.3, 0.4) is 0 Å². The predicted molar refractivity (Wildman–Crippen MR) is 50.8 cm³/mol. The molecule has 0 aliphatic rings. The molecule has 66 valence electrons. The summed E-state index contributed by atoms with van der Waals surface area (Å²) in [6.45, 7) is 1.89. The van der Waals surface area contributed by atoms with Crippen molar-refractivity contribution in [1.82, 2.24) is 13.6 Å². The van der Waals surface area contributed by atoms with Gasteiger partial charge in [-0.3, -0.25) is 0 Å². The van der Waals surface area contributed by atoms with Gasteiger partial charge in [-0.15, -0.1) is 0 Å². The molecule has 1 aromatic heterocycles. The van der Waals surface area contributed by atoms with Crippen molar-refractivity contribution in [3.8, 4) is 0 Å². The highest BCUT2D eigenvalue weighted by atomic mass is 32.1. The van der Waals surface area contributed by atoms with Crippen LogP contribution in [0.5, 0.6) is 0 Å². The van der Waals surface area contributed by atoms with Gasteiger partial charge in [0, 0.05) is 14.1 Å². The Morgan fingerprint density at radius 1 is 1.50 bits per heavy atom. The lowest BCUT2D eigenvalue weighted by Gasteiger charge is -2.09. The number of anilines is 1. The fraction of sp³-hybridized carbons (Fsp3) is 0.500. The molecule has 5 nitrogen and oxygen atoms in total. The van der Waals surface area contributed by atoms with Crippen LogP contribution in [-0.4, -0.2) is 33.6 Å². The zero-order chi connectivity index (χ0) is 9.14. The van der Waals surface area contributed by atoms with Crippen LogP contribution in [0.4, 0.5) is 11.6 Å². The van der Waals surface area contributed by atoms with Crippen LogP contribution in [-0.2, 0) is 0 Å². The van der Waals surface area contributed by atoms with Crippen LogP contribution >= 0.6 is 11.7 Å². The first kappa shape index (κ1) is 8.92. The number of hydrogen-bond acceptors (Lipinski definition) is 5. The van der Waals surface area contributed by atoms with Gasteiger partial charge in [-0.2, -0.15) is 8.75 Å². The largest absolute Gasteiger partial charge is 0.380 e. The van der Waals surface area contributed by atoms with Crippen LogP contribution in [0, 0.1) is 0 Å². The molecule has 0 unspecified atom stereocenters. The van der Waals surface area contributed by atoms with Crippen molar-refractivity contribution >= 4 is 29.2 Å². The molecule has 12 heavy (non-hydrogen) atoms. The van der Waals surface area contributed by atoms with E-state index in [4.69, 9.17) is 5.73 Å². The number of rotatable bonds is 1. The predicted octanol–water partition coefficient (Wildman–Crippen LogP) is 0.732. The van der Waals surface area contributed by atoms with E-state index in [1.54, 1.807) is 0 Å². The molecule has 0 saturated heterocycles. The van der Waals surface area contributed by atoms with Crippen molar-refractivity contribution in [3.05, 3.63) is 0 Å². The summed E-state index contributed by atoms with van der Waals surface area (Å²) in [5.74, 6) is 1.75. The van der Waals surface area contributed by atoms with Crippen molar-refractivity contribution < 1.29 is 0 Å². The van der Waals surface area contributed by atoms with Gasteiger partial charge in [0.2, 0.25) is 5.82 Å². The Morgan fingerprint density at radius 3 is 2.58 bits per heavy atom. The van der Waals surface area contributed by atoms with E-state index in [2.05, 4.69) is 13.7 Å². The van der Waals surface area contributed by atoms with Crippen molar-refractivity contribution in [2.24, 2.45) is 4.99 Å². The molecule has 0 atom stereocenters. The average Bonchev–Trinajstić information content (AvgIpc) is 2.36. The van der Waals surface area contributed by atoms with E-state index in [1.807, 2.05) is 25.9 Å². The number of aromatic nitrogens is 2. The topological polar surface area (TPSA) is 67.4 Å². The molecular weight excluding hydrogens is 174 g/mol. The Labute approximate surface area is 75.2 Å². The standard InChI is InChI=1S/C6H11N5S/c1-4(11(2)3)8-6-5(7)9-12-10-6/h1-3H3,(H2,7,9). The molecule has 0 saturated carbocycles. The van der Waals surface area contributed by atoms with E-state index in [-0.39, 0.29) is 0 Å². The number of nitrogens with zero attached hydrogens (tertiary/aromatic N) is 4. The molecule has 0 aromatic carbocycles. The van der Waals surface area contributed by atoms with Gasteiger partial charge in [0.1, 0.15) is 5.84 Å². The van der Waals surface area contributed by atoms with Crippen LogP contribution < -0.4 is 5.73 Å². The monoisotopic (exact) mass is 185 g/mol. The highest BCUT2D eigenvalue weighted by Gasteiger charge is 2.02. The Hall–Kier alpha value is -1.17. The second kappa shape index (κ2) is 3.48. The first-order chi connectivity index (χ1) is 5.61. The summed E-state index contributed by atoms with van der Waals surface area (Å²) in [7, 11) is 3.82. The van der Waals surface area contributed by atoms with Gasteiger partial charge in [0.05, 0.1) is 11.7 Å². The Kier molecular flexibility index (Phi) is 2.59. The molecule has 1 heterocycles. The molecular formula is C6H11N5S. The van der Waals surface area contributed by atoms with Crippen molar-refractivity contribution in [2.75, 3.05) is 19.8 Å². The first-order valence-electron chi connectivity index (χ1n) is 3.42. The Bertz CT molecular complexity index is 290. The lowest BCUT2D eigenvalue weighted by Crippen LogP contribution is -2.17. The molecule has 0 amide bonds. The number of hydrogen-bond donors (Lipinski definition) is 1. The molecule has 1 rings (SSSR count). The molecule has 1 aromatic rings. The van der Waals surface area contributed by atoms with Crippen molar-refractivity contribution in [2.45, 2.75) is 6.92 Å².